The molecule has 0 aliphatic rings. The van der Waals surface area contributed by atoms with Crippen LogP contribution >= 0.6 is 0 Å². The van der Waals surface area contributed by atoms with Gasteiger partial charge in [-0.25, -0.2) is 0 Å². The molecule has 0 unspecified atom stereocenters. The zero-order valence-corrected chi connectivity index (χ0v) is 62.2. The second-order valence-electron chi connectivity index (χ2n) is 29.8. The van der Waals surface area contributed by atoms with E-state index >= 15 is 0 Å². The number of hydrogen-bond acceptors (Lipinski definition) is 3. The lowest BCUT2D eigenvalue weighted by Gasteiger charge is -2.19. The van der Waals surface area contributed by atoms with Crippen molar-refractivity contribution < 1.29 is 24.2 Å². The Bertz CT molecular complexity index is 8530. The fourth-order valence-corrected chi connectivity index (χ4v) is 18.3. The molecule has 20 aromatic carbocycles. The highest BCUT2D eigenvalue weighted by molar-refractivity contribution is 6.25. The maximum atomic E-state index is 9.38. The molecule has 115 heavy (non-hydrogen) atoms. The average molecular weight is 1470 g/mol. The van der Waals surface area contributed by atoms with Crippen LogP contribution in [0, 0.1) is 6.92 Å². The van der Waals surface area contributed by atoms with Crippen LogP contribution < -0.4 is 0 Å². The average Bonchev–Trinajstić information content (AvgIpc) is 1.55. The minimum absolute atomic E-state index is 0.0420. The molecule has 0 aliphatic heterocycles. The summed E-state index contributed by atoms with van der Waals surface area (Å²) in [7, 11) is 0. The van der Waals surface area contributed by atoms with Crippen molar-refractivity contribution in [1.82, 2.24) is 4.57 Å². The molecule has 24 rings (SSSR count). The monoisotopic (exact) mass is 1470 g/mol. The summed E-state index contributed by atoms with van der Waals surface area (Å²) in [5, 5.41) is 17.1. The molecule has 4 nitrogen and oxygen atoms in total. The van der Waals surface area contributed by atoms with Crippen LogP contribution in [0.4, 0.5) is 0 Å². The zero-order chi connectivity index (χ0) is 82.7. The SMILES string of the molecule is [2H]c1c([2H])c([2H])c2c(-c3ccccc3)c3cc(C)ccc3c(-c3ccc(-c4ccc5oc6ccccc6c5c4-c4ccc5c6ccccc6n(-c6ccccc6)c5c4)cc3)c2c1[2H].[2H]c1cc2c(-c3ccc(-c4ccc5oc6ccccc6c5c4-c4ccc5oc6ccccc6c5c4)cc3)c3cc([2H])c([2H])cc3c(-c3ccc4ccccc4c3)c2cc1[2H]. The Kier molecular flexibility index (Phi) is 13.4. The summed E-state index contributed by atoms with van der Waals surface area (Å²) < 4.78 is 93.0. The van der Waals surface area contributed by atoms with E-state index in [1.165, 1.54) is 10.8 Å². The molecule has 536 valence electrons. The number of aryl methyl sites for hydroxylation is 1. The molecular formula is C111H69NO3. The molecule has 0 fully saturated rings. The number of para-hydroxylation sites is 5. The zero-order valence-electron chi connectivity index (χ0n) is 70.2. The third-order valence-electron chi connectivity index (χ3n) is 23.4. The van der Waals surface area contributed by atoms with Gasteiger partial charge in [-0.05, 0) is 211 Å². The van der Waals surface area contributed by atoms with Crippen molar-refractivity contribution in [1.29, 1.82) is 0 Å². The highest BCUT2D eigenvalue weighted by Gasteiger charge is 2.25. The van der Waals surface area contributed by atoms with Crippen molar-refractivity contribution >= 4 is 141 Å². The van der Waals surface area contributed by atoms with Crippen LogP contribution in [0.1, 0.15) is 16.5 Å². The molecule has 0 saturated heterocycles. The van der Waals surface area contributed by atoms with Crippen LogP contribution in [0.5, 0.6) is 0 Å². The molecule has 0 saturated carbocycles. The number of hydrogen-bond donors (Lipinski definition) is 0. The second-order valence-corrected chi connectivity index (χ2v) is 29.8. The molecule has 4 aromatic heterocycles. The molecule has 0 spiro atoms. The standard InChI is InChI=1S/C57H37NO.C54H32O2/c1-36-24-30-47-49(34-36)55(38-14-4-2-5-15-38)46-20-9-8-19-45(46)54(47)39-27-25-37(26-28-39)42-32-33-53-57(48-21-11-13-23-52(48)59-53)56(42)40-29-31-44-43-18-10-12-22-50(43)58(51(44)35-40)41-16-6-3-7-17-41;1-2-12-36-31-37(26-21-33(36)11-1)52-43-16-5-3-14-41(43)51(42-15-4-6-17-44(42)52)35-24-22-34(23-25-35)39-28-30-50-54(45-18-8-10-20-48(45)56-50)53(39)38-27-29-49-46(32-38)40-13-7-9-19-47(40)55-49/h2-35H,1H3;1-32H/i8D,9D,19D,20D;3D,4D,5D,6D. The first kappa shape index (κ1) is 57.9. The van der Waals surface area contributed by atoms with Gasteiger partial charge in [0, 0.05) is 59.9 Å². The van der Waals surface area contributed by atoms with E-state index in [0.29, 0.717) is 10.8 Å². The van der Waals surface area contributed by atoms with Crippen LogP contribution in [0.15, 0.2) is 413 Å². The van der Waals surface area contributed by atoms with Crippen LogP contribution in [-0.4, -0.2) is 4.57 Å². The summed E-state index contributed by atoms with van der Waals surface area (Å²) >= 11 is 0. The van der Waals surface area contributed by atoms with Crippen molar-refractivity contribution in [3.05, 3.63) is 406 Å². The number of fused-ring (bicyclic) bond motifs is 17. The van der Waals surface area contributed by atoms with E-state index in [2.05, 4.69) is 248 Å². The largest absolute Gasteiger partial charge is 0.456 e. The molecular weight excluding hydrogens is 1400 g/mol. The maximum Gasteiger partial charge on any atom is 0.136 e. The fraction of sp³-hybridized carbons (Fsp3) is 0.00901. The van der Waals surface area contributed by atoms with Gasteiger partial charge in [0.1, 0.15) is 33.5 Å². The summed E-state index contributed by atoms with van der Waals surface area (Å²) in [5.74, 6) is 0. The maximum absolute atomic E-state index is 9.38. The lowest BCUT2D eigenvalue weighted by molar-refractivity contribution is 0.668. The van der Waals surface area contributed by atoms with Gasteiger partial charge in [0.25, 0.3) is 0 Å². The summed E-state index contributed by atoms with van der Waals surface area (Å²) in [6.07, 6.45) is 0. The van der Waals surface area contributed by atoms with Crippen molar-refractivity contribution in [2.75, 3.05) is 0 Å². The summed E-state index contributed by atoms with van der Waals surface area (Å²) in [5.41, 5.74) is 24.8. The third-order valence-corrected chi connectivity index (χ3v) is 23.4. The quantitative estimate of drug-likeness (QED) is 0.135. The molecule has 0 aliphatic carbocycles. The topological polar surface area (TPSA) is 44.4 Å². The van der Waals surface area contributed by atoms with E-state index in [4.69, 9.17) is 21.5 Å². The minimum atomic E-state index is -0.246. The van der Waals surface area contributed by atoms with Crippen LogP contribution in [0.2, 0.25) is 0 Å². The van der Waals surface area contributed by atoms with Crippen molar-refractivity contribution in [2.24, 2.45) is 0 Å². The Morgan fingerprint density at radius 2 is 0.617 bits per heavy atom. The van der Waals surface area contributed by atoms with Crippen LogP contribution in [0.25, 0.3) is 236 Å². The smallest absolute Gasteiger partial charge is 0.136 e. The van der Waals surface area contributed by atoms with Crippen LogP contribution in [0.3, 0.4) is 0 Å². The first-order chi connectivity index (χ1) is 60.2. The molecule has 0 N–H and O–H groups in total. The molecule has 0 bridgehead atoms. The highest BCUT2D eigenvalue weighted by atomic mass is 16.3. The van der Waals surface area contributed by atoms with Gasteiger partial charge < -0.3 is 17.8 Å². The fourth-order valence-electron chi connectivity index (χ4n) is 18.3. The van der Waals surface area contributed by atoms with E-state index in [1.54, 1.807) is 24.3 Å². The summed E-state index contributed by atoms with van der Waals surface area (Å²) in [6, 6.07) is 120. The van der Waals surface area contributed by atoms with Gasteiger partial charge in [-0.2, -0.15) is 0 Å². The van der Waals surface area contributed by atoms with Crippen molar-refractivity contribution in [3.8, 4) is 94.7 Å². The Balaban J connectivity index is 0.000000143. The highest BCUT2D eigenvalue weighted by Crippen LogP contribution is 2.51. The van der Waals surface area contributed by atoms with Gasteiger partial charge in [0.05, 0.1) is 22.0 Å². The molecule has 0 atom stereocenters. The Hall–Kier alpha value is -15.1. The van der Waals surface area contributed by atoms with E-state index in [0.717, 1.165) is 220 Å². The van der Waals surface area contributed by atoms with Crippen molar-refractivity contribution in [2.45, 2.75) is 6.92 Å². The predicted octanol–water partition coefficient (Wildman–Crippen LogP) is 31.6. The lowest BCUT2D eigenvalue weighted by atomic mass is 9.85. The summed E-state index contributed by atoms with van der Waals surface area (Å²) in [6.45, 7) is 2.06. The van der Waals surface area contributed by atoms with Crippen LogP contribution in [-0.2, 0) is 0 Å². The Morgan fingerprint density at radius 1 is 0.217 bits per heavy atom. The molecule has 0 radical (unpaired) electrons. The second kappa shape index (κ2) is 26.6. The van der Waals surface area contributed by atoms with Gasteiger partial charge >= 0.3 is 0 Å². The number of nitrogens with zero attached hydrogens (tertiary/aromatic N) is 1. The number of aromatic nitrogens is 1. The molecule has 0 amide bonds. The minimum Gasteiger partial charge on any atom is -0.456 e. The molecule has 24 aromatic rings. The predicted molar refractivity (Wildman–Crippen MR) is 485 cm³/mol. The Morgan fingerprint density at radius 3 is 1.23 bits per heavy atom. The van der Waals surface area contributed by atoms with E-state index in [1.807, 2.05) is 91.0 Å². The normalized spacial score (nSPS) is 12.8. The number of furan rings is 3. The lowest BCUT2D eigenvalue weighted by Crippen LogP contribution is -1.94. The van der Waals surface area contributed by atoms with E-state index in [-0.39, 0.29) is 48.3 Å². The van der Waals surface area contributed by atoms with Gasteiger partial charge in [0.2, 0.25) is 0 Å². The van der Waals surface area contributed by atoms with Gasteiger partial charge in [-0.1, -0.05) is 333 Å². The first-order valence-electron chi connectivity index (χ1n) is 42.8. The van der Waals surface area contributed by atoms with Gasteiger partial charge in [0.15, 0.2) is 0 Å². The van der Waals surface area contributed by atoms with Gasteiger partial charge in [-0.15, -0.1) is 0 Å². The summed E-state index contributed by atoms with van der Waals surface area (Å²) in [4.78, 5) is 0. The first-order valence-corrected chi connectivity index (χ1v) is 38.8. The van der Waals surface area contributed by atoms with E-state index < -0.39 is 0 Å². The third kappa shape index (κ3) is 10.7. The Labute approximate surface area is 673 Å². The van der Waals surface area contributed by atoms with E-state index in [9.17, 15) is 2.74 Å². The number of rotatable bonds is 9. The van der Waals surface area contributed by atoms with Crippen molar-refractivity contribution in [3.63, 3.8) is 0 Å². The molecule has 4 heteroatoms. The molecule has 4 heterocycles. The van der Waals surface area contributed by atoms with Gasteiger partial charge in [-0.3, -0.25) is 0 Å². The number of benzene rings is 20.